The smallest absolute Gasteiger partial charge is 0.269 e. The van der Waals surface area contributed by atoms with E-state index >= 15 is 0 Å². The van der Waals surface area contributed by atoms with Crippen molar-refractivity contribution < 1.29 is 4.92 Å². The van der Waals surface area contributed by atoms with E-state index in [1.165, 1.54) is 12.1 Å². The van der Waals surface area contributed by atoms with Crippen LogP contribution in [0.5, 0.6) is 0 Å². The second-order valence-electron chi connectivity index (χ2n) is 5.74. The van der Waals surface area contributed by atoms with E-state index in [4.69, 9.17) is 0 Å². The van der Waals surface area contributed by atoms with Crippen LogP contribution in [0.2, 0.25) is 0 Å². The van der Waals surface area contributed by atoms with Crippen molar-refractivity contribution in [2.24, 2.45) is 0 Å². The van der Waals surface area contributed by atoms with Gasteiger partial charge in [0, 0.05) is 36.1 Å². The largest absolute Gasteiger partial charge is 0.291 e. The lowest BCUT2D eigenvalue weighted by atomic mass is 9.97. The molecule has 0 N–H and O–H groups in total. The Bertz CT molecular complexity index is 1110. The third kappa shape index (κ3) is 2.89. The van der Waals surface area contributed by atoms with Crippen molar-refractivity contribution >= 4 is 33.6 Å². The zero-order valence-corrected chi connectivity index (χ0v) is 14.7. The molecule has 128 valence electrons. The van der Waals surface area contributed by atoms with Crippen molar-refractivity contribution in [1.29, 1.82) is 0 Å². The molecule has 7 heteroatoms. The molecule has 4 rings (SSSR count). The summed E-state index contributed by atoms with van der Waals surface area (Å²) in [6, 6.07) is 10.4. The van der Waals surface area contributed by atoms with E-state index in [2.05, 4.69) is 16.0 Å². The van der Waals surface area contributed by atoms with Crippen LogP contribution < -0.4 is 0 Å². The lowest BCUT2D eigenvalue weighted by molar-refractivity contribution is -0.384. The highest BCUT2D eigenvalue weighted by molar-refractivity contribution is 7.15. The first kappa shape index (κ1) is 16.2. The summed E-state index contributed by atoms with van der Waals surface area (Å²) >= 11 is 1.58. The van der Waals surface area contributed by atoms with Crippen LogP contribution in [0.4, 0.5) is 5.69 Å². The molecule has 0 spiro atoms. The molecule has 0 aliphatic rings. The average molecular weight is 362 g/mol. The number of benzene rings is 1. The topological polar surface area (TPSA) is 73.3 Å². The van der Waals surface area contributed by atoms with Crippen LogP contribution in [0.25, 0.3) is 16.6 Å². The molecule has 3 aromatic heterocycles. The fraction of sp³-hybridized carbons (Fsp3) is 0.0526. The van der Waals surface area contributed by atoms with E-state index < -0.39 is 4.92 Å². The number of imidazole rings is 1. The minimum absolute atomic E-state index is 0.0728. The minimum Gasteiger partial charge on any atom is -0.291 e. The standard InChI is InChI=1S/C19H14N4O2S/c1-13-18(22-10-11-26-19(22)21-13)12-17(15-6-8-20-9-7-15)14-2-4-16(5-3-14)23(24)25/h2-12H,1H3/b17-12-. The van der Waals surface area contributed by atoms with Crippen LogP contribution in [0.1, 0.15) is 22.5 Å². The zero-order valence-electron chi connectivity index (χ0n) is 13.9. The van der Waals surface area contributed by atoms with Crippen LogP contribution in [-0.4, -0.2) is 19.3 Å². The number of hydrogen-bond acceptors (Lipinski definition) is 5. The Balaban J connectivity index is 1.90. The van der Waals surface area contributed by atoms with Gasteiger partial charge >= 0.3 is 0 Å². The lowest BCUT2D eigenvalue weighted by Crippen LogP contribution is -1.93. The number of pyridine rings is 1. The van der Waals surface area contributed by atoms with E-state index in [0.717, 1.165) is 33.0 Å². The SMILES string of the molecule is Cc1nc2sccn2c1/C=C(\c1ccncc1)c1ccc([N+](=O)[O-])cc1. The van der Waals surface area contributed by atoms with Gasteiger partial charge in [0.2, 0.25) is 0 Å². The van der Waals surface area contributed by atoms with Crippen LogP contribution >= 0.6 is 11.3 Å². The molecule has 0 saturated heterocycles. The first-order valence-electron chi connectivity index (χ1n) is 7.92. The Morgan fingerprint density at radius 3 is 2.54 bits per heavy atom. The fourth-order valence-corrected chi connectivity index (χ4v) is 3.62. The van der Waals surface area contributed by atoms with Crippen molar-refractivity contribution in [2.45, 2.75) is 6.92 Å². The third-order valence-electron chi connectivity index (χ3n) is 4.14. The highest BCUT2D eigenvalue weighted by atomic mass is 32.1. The van der Waals surface area contributed by atoms with Gasteiger partial charge in [-0.3, -0.25) is 19.5 Å². The quantitative estimate of drug-likeness (QED) is 0.393. The Hall–Kier alpha value is -3.32. The van der Waals surface area contributed by atoms with E-state index in [-0.39, 0.29) is 5.69 Å². The van der Waals surface area contributed by atoms with Gasteiger partial charge in [-0.2, -0.15) is 0 Å². The maximum Gasteiger partial charge on any atom is 0.269 e. The molecule has 0 atom stereocenters. The van der Waals surface area contributed by atoms with Crippen molar-refractivity contribution in [1.82, 2.24) is 14.4 Å². The normalized spacial score (nSPS) is 11.8. The van der Waals surface area contributed by atoms with Gasteiger partial charge in [0.05, 0.1) is 16.3 Å². The Kier molecular flexibility index (Phi) is 4.06. The van der Waals surface area contributed by atoms with Gasteiger partial charge in [-0.25, -0.2) is 4.98 Å². The average Bonchev–Trinajstić information content (AvgIpc) is 3.22. The number of aryl methyl sites for hydroxylation is 1. The van der Waals surface area contributed by atoms with E-state index in [9.17, 15) is 10.1 Å². The summed E-state index contributed by atoms with van der Waals surface area (Å²) in [6.07, 6.45) is 7.53. The molecule has 0 saturated carbocycles. The molecule has 1 aromatic carbocycles. The minimum atomic E-state index is -0.393. The predicted molar refractivity (Wildman–Crippen MR) is 102 cm³/mol. The summed E-state index contributed by atoms with van der Waals surface area (Å²) in [7, 11) is 0. The molecule has 26 heavy (non-hydrogen) atoms. The van der Waals surface area contributed by atoms with Crippen molar-refractivity contribution in [2.75, 3.05) is 0 Å². The lowest BCUT2D eigenvalue weighted by Gasteiger charge is -2.09. The van der Waals surface area contributed by atoms with Gasteiger partial charge < -0.3 is 0 Å². The summed E-state index contributed by atoms with van der Waals surface area (Å²) < 4.78 is 2.05. The number of hydrogen-bond donors (Lipinski definition) is 0. The van der Waals surface area contributed by atoms with Crippen LogP contribution in [0, 0.1) is 17.0 Å². The molecule has 0 amide bonds. The van der Waals surface area contributed by atoms with Crippen LogP contribution in [0.15, 0.2) is 60.4 Å². The molecule has 0 fully saturated rings. The maximum atomic E-state index is 10.9. The first-order chi connectivity index (χ1) is 12.6. The highest BCUT2D eigenvalue weighted by Gasteiger charge is 2.13. The van der Waals surface area contributed by atoms with E-state index in [1.807, 2.05) is 35.0 Å². The Morgan fingerprint density at radius 2 is 1.85 bits per heavy atom. The van der Waals surface area contributed by atoms with Gasteiger partial charge in [0.1, 0.15) is 0 Å². The molecule has 4 aromatic rings. The highest BCUT2D eigenvalue weighted by Crippen LogP contribution is 2.29. The number of nitrogens with zero attached hydrogens (tertiary/aromatic N) is 4. The van der Waals surface area contributed by atoms with Gasteiger partial charge in [0.15, 0.2) is 4.96 Å². The number of nitro groups is 1. The van der Waals surface area contributed by atoms with Crippen molar-refractivity contribution in [3.8, 4) is 0 Å². The Morgan fingerprint density at radius 1 is 1.15 bits per heavy atom. The summed E-state index contributed by atoms with van der Waals surface area (Å²) in [5, 5.41) is 12.9. The maximum absolute atomic E-state index is 10.9. The van der Waals surface area contributed by atoms with E-state index in [1.54, 1.807) is 35.9 Å². The van der Waals surface area contributed by atoms with Gasteiger partial charge in [-0.05, 0) is 54.0 Å². The number of thiazole rings is 1. The van der Waals surface area contributed by atoms with Gasteiger partial charge in [-0.15, -0.1) is 11.3 Å². The molecule has 0 aliphatic heterocycles. The molecule has 0 radical (unpaired) electrons. The molecule has 3 heterocycles. The summed E-state index contributed by atoms with van der Waals surface area (Å²) in [5.41, 5.74) is 4.84. The second kappa shape index (κ2) is 6.53. The number of non-ortho nitro benzene ring substituents is 1. The predicted octanol–water partition coefficient (Wildman–Crippen LogP) is 4.60. The second-order valence-corrected chi connectivity index (χ2v) is 6.61. The number of rotatable bonds is 4. The zero-order chi connectivity index (χ0) is 18.1. The first-order valence-corrected chi connectivity index (χ1v) is 8.80. The summed E-state index contributed by atoms with van der Waals surface area (Å²) in [5.74, 6) is 0. The molecule has 6 nitrogen and oxygen atoms in total. The third-order valence-corrected chi connectivity index (χ3v) is 4.90. The number of nitro benzene ring substituents is 1. The summed E-state index contributed by atoms with van der Waals surface area (Å²) in [4.78, 5) is 20.2. The van der Waals surface area contributed by atoms with Crippen LogP contribution in [0.3, 0.4) is 0 Å². The molecule has 0 unspecified atom stereocenters. The fourth-order valence-electron chi connectivity index (χ4n) is 2.85. The summed E-state index contributed by atoms with van der Waals surface area (Å²) in [6.45, 7) is 1.98. The van der Waals surface area contributed by atoms with Gasteiger partial charge in [-0.1, -0.05) is 0 Å². The molecular weight excluding hydrogens is 348 g/mol. The van der Waals surface area contributed by atoms with Crippen molar-refractivity contribution in [3.63, 3.8) is 0 Å². The molecule has 0 aliphatic carbocycles. The monoisotopic (exact) mass is 362 g/mol. The molecular formula is C19H14N4O2S. The number of fused-ring (bicyclic) bond motifs is 1. The van der Waals surface area contributed by atoms with Gasteiger partial charge in [0.25, 0.3) is 5.69 Å². The molecule has 0 bridgehead atoms. The van der Waals surface area contributed by atoms with Crippen LogP contribution in [-0.2, 0) is 0 Å². The van der Waals surface area contributed by atoms with E-state index in [0.29, 0.717) is 0 Å². The Labute approximate surface area is 153 Å². The number of aromatic nitrogens is 3. The van der Waals surface area contributed by atoms with Crippen molar-refractivity contribution in [3.05, 3.63) is 93.0 Å².